The Kier molecular flexibility index (Phi) is 5.17. The number of hydrogen-bond donors (Lipinski definition) is 1. The molecule has 1 heterocycles. The molecule has 1 N–H and O–H groups in total. The van der Waals surface area contributed by atoms with Gasteiger partial charge >= 0.3 is 5.97 Å². The minimum atomic E-state index is -0.330. The molecule has 0 saturated heterocycles. The fourth-order valence-electron chi connectivity index (χ4n) is 3.01. The van der Waals surface area contributed by atoms with E-state index in [1.165, 1.54) is 32.8 Å². The molecule has 1 fully saturated rings. The predicted molar refractivity (Wildman–Crippen MR) is 83.8 cm³/mol. The Morgan fingerprint density at radius 3 is 2.52 bits per heavy atom. The van der Waals surface area contributed by atoms with Gasteiger partial charge in [-0.25, -0.2) is 9.78 Å². The van der Waals surface area contributed by atoms with Crippen molar-refractivity contribution in [2.75, 3.05) is 26.1 Å². The van der Waals surface area contributed by atoms with Crippen LogP contribution in [-0.2, 0) is 4.74 Å². The summed E-state index contributed by atoms with van der Waals surface area (Å²) in [6.45, 7) is 1.85. The lowest BCUT2D eigenvalue weighted by Crippen LogP contribution is -2.40. The Labute approximate surface area is 126 Å². The summed E-state index contributed by atoms with van der Waals surface area (Å²) >= 11 is 0. The van der Waals surface area contributed by atoms with Crippen LogP contribution in [0.4, 0.5) is 5.82 Å². The van der Waals surface area contributed by atoms with Crippen LogP contribution in [0.3, 0.4) is 0 Å². The van der Waals surface area contributed by atoms with Gasteiger partial charge in [0.2, 0.25) is 0 Å². The van der Waals surface area contributed by atoms with E-state index in [1.54, 1.807) is 6.07 Å². The number of rotatable bonds is 4. The summed E-state index contributed by atoms with van der Waals surface area (Å²) in [6.07, 6.45) is 4.73. The molecule has 1 aliphatic rings. The Morgan fingerprint density at radius 2 is 2.00 bits per heavy atom. The highest BCUT2D eigenvalue weighted by atomic mass is 16.5. The maximum absolute atomic E-state index is 11.6. The molecular weight excluding hydrogens is 266 g/mol. The van der Waals surface area contributed by atoms with Crippen LogP contribution in [0.2, 0.25) is 0 Å². The zero-order valence-electron chi connectivity index (χ0n) is 13.3. The Bertz CT molecular complexity index is 496. The quantitative estimate of drug-likeness (QED) is 0.861. The van der Waals surface area contributed by atoms with E-state index >= 15 is 0 Å². The van der Waals surface area contributed by atoms with Gasteiger partial charge in [-0.2, -0.15) is 0 Å². The van der Waals surface area contributed by atoms with E-state index in [4.69, 9.17) is 4.74 Å². The molecule has 5 heteroatoms. The van der Waals surface area contributed by atoms with Crippen molar-refractivity contribution in [2.24, 2.45) is 0 Å². The number of nitrogens with one attached hydrogen (secondary N) is 1. The summed E-state index contributed by atoms with van der Waals surface area (Å²) in [7, 11) is 5.51. The molecule has 0 amide bonds. The standard InChI is InChI=1S/C16H25N3O2/c1-11-14(16(20)21-4)9-10-15(18-11)19(3)13-7-5-12(17-2)6-8-13/h9-10,12-13,17H,5-8H2,1-4H3. The highest BCUT2D eigenvalue weighted by Crippen LogP contribution is 2.26. The highest BCUT2D eigenvalue weighted by molar-refractivity contribution is 5.90. The summed E-state index contributed by atoms with van der Waals surface area (Å²) < 4.78 is 4.76. The van der Waals surface area contributed by atoms with Crippen LogP contribution < -0.4 is 10.2 Å². The first kappa shape index (κ1) is 15.8. The molecule has 1 aliphatic carbocycles. The number of anilines is 1. The number of methoxy groups -OCH3 is 1. The van der Waals surface area contributed by atoms with Gasteiger partial charge in [0.15, 0.2) is 0 Å². The lowest BCUT2D eigenvalue weighted by molar-refractivity contribution is 0.0599. The third-order valence-electron chi connectivity index (χ3n) is 4.49. The van der Waals surface area contributed by atoms with Crippen LogP contribution in [-0.4, -0.2) is 44.2 Å². The number of pyridine rings is 1. The third-order valence-corrected chi connectivity index (χ3v) is 4.49. The molecule has 5 nitrogen and oxygen atoms in total. The van der Waals surface area contributed by atoms with Crippen molar-refractivity contribution in [3.63, 3.8) is 0 Å². The first-order valence-corrected chi connectivity index (χ1v) is 7.53. The first-order valence-electron chi connectivity index (χ1n) is 7.53. The SMILES string of the molecule is CNC1CCC(N(C)c2ccc(C(=O)OC)c(C)n2)CC1. The third kappa shape index (κ3) is 3.53. The molecule has 1 aromatic rings. The van der Waals surface area contributed by atoms with Crippen molar-refractivity contribution in [2.45, 2.75) is 44.7 Å². The Balaban J connectivity index is 2.08. The lowest BCUT2D eigenvalue weighted by Gasteiger charge is -2.35. The Morgan fingerprint density at radius 1 is 1.33 bits per heavy atom. The zero-order chi connectivity index (χ0) is 15.4. The maximum atomic E-state index is 11.6. The second-order valence-corrected chi connectivity index (χ2v) is 5.70. The van der Waals surface area contributed by atoms with Gasteiger partial charge < -0.3 is 15.0 Å². The van der Waals surface area contributed by atoms with Gasteiger partial charge in [0.25, 0.3) is 0 Å². The number of ether oxygens (including phenoxy) is 1. The topological polar surface area (TPSA) is 54.5 Å². The van der Waals surface area contributed by atoms with Crippen molar-refractivity contribution in [3.05, 3.63) is 23.4 Å². The van der Waals surface area contributed by atoms with Gasteiger partial charge in [-0.1, -0.05) is 0 Å². The molecule has 0 radical (unpaired) electrons. The lowest BCUT2D eigenvalue weighted by atomic mass is 9.90. The van der Waals surface area contributed by atoms with E-state index in [0.29, 0.717) is 17.6 Å². The number of carbonyl (C=O) groups excluding carboxylic acids is 1. The number of aryl methyl sites for hydroxylation is 1. The van der Waals surface area contributed by atoms with Gasteiger partial charge in [-0.05, 0) is 51.8 Å². The molecule has 0 spiro atoms. The van der Waals surface area contributed by atoms with Crippen molar-refractivity contribution in [3.8, 4) is 0 Å². The highest BCUT2D eigenvalue weighted by Gasteiger charge is 2.24. The monoisotopic (exact) mass is 291 g/mol. The predicted octanol–water partition coefficient (Wildman–Crippen LogP) is 2.14. The molecule has 0 bridgehead atoms. The smallest absolute Gasteiger partial charge is 0.339 e. The molecular formula is C16H25N3O2. The molecule has 0 unspecified atom stereocenters. The van der Waals surface area contributed by atoms with Crippen LogP contribution in [0, 0.1) is 6.92 Å². The number of aromatic nitrogens is 1. The molecule has 1 aromatic heterocycles. The average Bonchev–Trinajstić information content (AvgIpc) is 2.53. The van der Waals surface area contributed by atoms with Gasteiger partial charge in [-0.3, -0.25) is 0 Å². The van der Waals surface area contributed by atoms with E-state index in [1.807, 2.05) is 20.0 Å². The maximum Gasteiger partial charge on any atom is 0.339 e. The summed E-state index contributed by atoms with van der Waals surface area (Å²) in [6, 6.07) is 4.87. The number of carbonyl (C=O) groups is 1. The average molecular weight is 291 g/mol. The largest absolute Gasteiger partial charge is 0.465 e. The van der Waals surface area contributed by atoms with Crippen LogP contribution in [0.25, 0.3) is 0 Å². The minimum Gasteiger partial charge on any atom is -0.465 e. The van der Waals surface area contributed by atoms with Crippen molar-refractivity contribution in [1.82, 2.24) is 10.3 Å². The molecule has 2 rings (SSSR count). The summed E-state index contributed by atoms with van der Waals surface area (Å²) in [5.41, 5.74) is 1.25. The van der Waals surface area contributed by atoms with Gasteiger partial charge in [0, 0.05) is 19.1 Å². The van der Waals surface area contributed by atoms with Crippen LogP contribution in [0.1, 0.15) is 41.7 Å². The normalized spacial score (nSPS) is 21.9. The first-order chi connectivity index (χ1) is 10.1. The summed E-state index contributed by atoms with van der Waals surface area (Å²) in [5, 5.41) is 3.35. The molecule has 21 heavy (non-hydrogen) atoms. The van der Waals surface area contributed by atoms with E-state index in [-0.39, 0.29) is 5.97 Å². The Hall–Kier alpha value is -1.62. The van der Waals surface area contributed by atoms with Crippen LogP contribution >= 0.6 is 0 Å². The fourth-order valence-corrected chi connectivity index (χ4v) is 3.01. The number of hydrogen-bond acceptors (Lipinski definition) is 5. The van der Waals surface area contributed by atoms with Crippen LogP contribution in [0.5, 0.6) is 0 Å². The van der Waals surface area contributed by atoms with Gasteiger partial charge in [-0.15, -0.1) is 0 Å². The van der Waals surface area contributed by atoms with Gasteiger partial charge in [0.05, 0.1) is 18.4 Å². The van der Waals surface area contributed by atoms with Crippen molar-refractivity contribution < 1.29 is 9.53 Å². The van der Waals surface area contributed by atoms with E-state index < -0.39 is 0 Å². The second-order valence-electron chi connectivity index (χ2n) is 5.70. The summed E-state index contributed by atoms with van der Waals surface area (Å²) in [5.74, 6) is 0.594. The molecule has 0 aliphatic heterocycles. The molecule has 1 saturated carbocycles. The van der Waals surface area contributed by atoms with E-state index in [2.05, 4.69) is 22.2 Å². The zero-order valence-corrected chi connectivity index (χ0v) is 13.3. The van der Waals surface area contributed by atoms with Gasteiger partial charge in [0.1, 0.15) is 5.82 Å². The van der Waals surface area contributed by atoms with Crippen molar-refractivity contribution in [1.29, 1.82) is 0 Å². The molecule has 0 atom stereocenters. The summed E-state index contributed by atoms with van der Waals surface area (Å²) in [4.78, 5) is 18.4. The number of nitrogens with zero attached hydrogens (tertiary/aromatic N) is 2. The molecule has 0 aromatic carbocycles. The van der Waals surface area contributed by atoms with E-state index in [9.17, 15) is 4.79 Å². The van der Waals surface area contributed by atoms with Crippen molar-refractivity contribution >= 4 is 11.8 Å². The van der Waals surface area contributed by atoms with E-state index in [0.717, 1.165) is 11.5 Å². The fraction of sp³-hybridized carbons (Fsp3) is 0.625. The molecule has 116 valence electrons. The minimum absolute atomic E-state index is 0.330. The second kappa shape index (κ2) is 6.89. The van der Waals surface area contributed by atoms with Crippen LogP contribution in [0.15, 0.2) is 12.1 Å². The number of esters is 1.